The van der Waals surface area contributed by atoms with Crippen molar-refractivity contribution in [1.29, 1.82) is 0 Å². The van der Waals surface area contributed by atoms with Crippen molar-refractivity contribution in [2.24, 2.45) is 17.1 Å². The van der Waals surface area contributed by atoms with Crippen molar-refractivity contribution < 1.29 is 9.59 Å². The number of fused-ring (bicyclic) bond motifs is 2. The van der Waals surface area contributed by atoms with E-state index in [2.05, 4.69) is 36.2 Å². The van der Waals surface area contributed by atoms with Gasteiger partial charge in [-0.3, -0.25) is 9.59 Å². The number of primary amides is 1. The smallest absolute Gasteiger partial charge is 0.276 e. The second-order valence-corrected chi connectivity index (χ2v) is 11.5. The number of aromatic nitrogens is 3. The summed E-state index contributed by atoms with van der Waals surface area (Å²) >= 11 is 3.05. The number of hydrogen-bond acceptors (Lipinski definition) is 6. The summed E-state index contributed by atoms with van der Waals surface area (Å²) in [5.74, 6) is -0.368. The quantitative estimate of drug-likeness (QED) is 0.429. The summed E-state index contributed by atoms with van der Waals surface area (Å²) in [7, 11) is 0. The highest BCUT2D eigenvalue weighted by Gasteiger charge is 2.33. The van der Waals surface area contributed by atoms with E-state index in [4.69, 9.17) is 5.73 Å². The van der Waals surface area contributed by atoms with Gasteiger partial charge in [0, 0.05) is 17.1 Å². The molecule has 170 valence electrons. The van der Waals surface area contributed by atoms with Crippen molar-refractivity contribution >= 4 is 45.1 Å². The number of nitrogens with one attached hydrogen (secondary N) is 1. The zero-order valence-corrected chi connectivity index (χ0v) is 20.3. The number of rotatable bonds is 4. The molecule has 0 fully saturated rings. The molecular weight excluding hydrogens is 454 g/mol. The van der Waals surface area contributed by atoms with Gasteiger partial charge < -0.3 is 11.1 Å². The first-order valence-corrected chi connectivity index (χ1v) is 12.6. The van der Waals surface area contributed by atoms with Crippen molar-refractivity contribution in [3.8, 4) is 10.6 Å². The van der Waals surface area contributed by atoms with Crippen molar-refractivity contribution in [2.45, 2.75) is 40.0 Å². The highest BCUT2D eigenvalue weighted by Crippen LogP contribution is 2.44. The fraction of sp³-hybridized carbons (Fsp3) is 0.333. The molecule has 0 bridgehead atoms. The average Bonchev–Trinajstić information content (AvgIpc) is 3.49. The van der Waals surface area contributed by atoms with E-state index in [0.29, 0.717) is 22.1 Å². The Labute approximate surface area is 199 Å². The van der Waals surface area contributed by atoms with Crippen molar-refractivity contribution in [2.75, 3.05) is 5.32 Å². The molecule has 1 aliphatic rings. The lowest BCUT2D eigenvalue weighted by Gasteiger charge is -2.33. The molecular formula is C24H25N5O2S2. The van der Waals surface area contributed by atoms with Crippen LogP contribution in [0.5, 0.6) is 0 Å². The molecule has 0 saturated carbocycles. The van der Waals surface area contributed by atoms with Crippen LogP contribution >= 0.6 is 22.7 Å². The van der Waals surface area contributed by atoms with Crippen LogP contribution in [0.1, 0.15) is 58.5 Å². The Bertz CT molecular complexity index is 1360. The molecule has 0 aliphatic heterocycles. The summed E-state index contributed by atoms with van der Waals surface area (Å²) in [6.07, 6.45) is 4.40. The van der Waals surface area contributed by atoms with Gasteiger partial charge in [0.05, 0.1) is 16.1 Å². The van der Waals surface area contributed by atoms with E-state index in [0.717, 1.165) is 40.3 Å². The standard InChI is InChI=1S/C24H25N5O2S2/c1-24(2,3)13-6-7-14-18(11-13)33-23(20(14)21(25)30)27-22(31)15-12-19-26-9-8-16(29(19)28-15)17-5-4-10-32-17/h4-5,8-10,12-13H,6-7,11H2,1-3H3,(H2,25,30)(H,27,31)/t13-/m0/s1. The number of anilines is 1. The minimum atomic E-state index is -0.506. The molecule has 0 spiro atoms. The van der Waals surface area contributed by atoms with Gasteiger partial charge in [-0.05, 0) is 53.7 Å². The lowest BCUT2D eigenvalue weighted by atomic mass is 9.72. The van der Waals surface area contributed by atoms with Crippen LogP contribution in [0.15, 0.2) is 35.8 Å². The topological polar surface area (TPSA) is 102 Å². The molecule has 1 atom stereocenters. The molecule has 2 amide bonds. The molecule has 0 unspecified atom stereocenters. The summed E-state index contributed by atoms with van der Waals surface area (Å²) in [4.78, 5) is 32.0. The molecule has 4 aromatic heterocycles. The second kappa shape index (κ2) is 8.07. The van der Waals surface area contributed by atoms with E-state index in [1.807, 2.05) is 23.6 Å². The van der Waals surface area contributed by atoms with Crippen LogP contribution in [0.4, 0.5) is 5.00 Å². The van der Waals surface area contributed by atoms with Crippen molar-refractivity contribution in [1.82, 2.24) is 14.6 Å². The number of carbonyl (C=O) groups excluding carboxylic acids is 2. The average molecular weight is 480 g/mol. The fourth-order valence-corrected chi connectivity index (χ4v) is 6.52. The molecule has 4 aromatic rings. The largest absolute Gasteiger partial charge is 0.365 e. The molecule has 0 aromatic carbocycles. The summed E-state index contributed by atoms with van der Waals surface area (Å²) < 4.78 is 1.67. The maximum absolute atomic E-state index is 13.1. The Kier molecular flexibility index (Phi) is 5.33. The van der Waals surface area contributed by atoms with Crippen LogP contribution in [0, 0.1) is 11.3 Å². The monoisotopic (exact) mass is 479 g/mol. The van der Waals surface area contributed by atoms with Gasteiger partial charge in [-0.15, -0.1) is 22.7 Å². The highest BCUT2D eigenvalue weighted by atomic mass is 32.1. The van der Waals surface area contributed by atoms with Crippen LogP contribution in [-0.4, -0.2) is 26.4 Å². The van der Waals surface area contributed by atoms with E-state index in [-0.39, 0.29) is 17.0 Å². The minimum absolute atomic E-state index is 0.182. The molecule has 0 saturated heterocycles. The second-order valence-electron chi connectivity index (χ2n) is 9.44. The number of carbonyl (C=O) groups is 2. The normalized spacial score (nSPS) is 16.0. The number of thiophene rings is 2. The maximum atomic E-state index is 13.1. The predicted molar refractivity (Wildman–Crippen MR) is 132 cm³/mol. The minimum Gasteiger partial charge on any atom is -0.365 e. The van der Waals surface area contributed by atoms with Gasteiger partial charge in [0.1, 0.15) is 5.00 Å². The van der Waals surface area contributed by atoms with Gasteiger partial charge >= 0.3 is 0 Å². The summed E-state index contributed by atoms with van der Waals surface area (Å²) in [6.45, 7) is 6.74. The van der Waals surface area contributed by atoms with Gasteiger partial charge in [-0.1, -0.05) is 26.8 Å². The van der Waals surface area contributed by atoms with E-state index >= 15 is 0 Å². The lowest BCUT2D eigenvalue weighted by molar-refractivity contribution is 0.1000. The van der Waals surface area contributed by atoms with Crippen LogP contribution < -0.4 is 11.1 Å². The third-order valence-corrected chi connectivity index (χ3v) is 8.39. The number of nitrogens with zero attached hydrogens (tertiary/aromatic N) is 3. The van der Waals surface area contributed by atoms with E-state index in [1.54, 1.807) is 28.1 Å². The number of nitrogens with two attached hydrogens (primary N) is 1. The molecule has 4 heterocycles. The Hall–Kier alpha value is -3.04. The van der Waals surface area contributed by atoms with Crippen molar-refractivity contribution in [3.05, 3.63) is 57.5 Å². The summed E-state index contributed by atoms with van der Waals surface area (Å²) in [5, 5.41) is 9.92. The van der Waals surface area contributed by atoms with Crippen LogP contribution in [0.2, 0.25) is 0 Å². The van der Waals surface area contributed by atoms with Gasteiger partial charge in [0.15, 0.2) is 11.3 Å². The van der Waals surface area contributed by atoms with Gasteiger partial charge in [-0.2, -0.15) is 5.10 Å². The number of amides is 2. The van der Waals surface area contributed by atoms with E-state index in [9.17, 15) is 9.59 Å². The molecule has 33 heavy (non-hydrogen) atoms. The first kappa shape index (κ1) is 21.8. The molecule has 0 radical (unpaired) electrons. The fourth-order valence-electron chi connectivity index (χ4n) is 4.46. The zero-order valence-electron chi connectivity index (χ0n) is 18.7. The summed E-state index contributed by atoms with van der Waals surface area (Å²) in [5.41, 5.74) is 9.04. The summed E-state index contributed by atoms with van der Waals surface area (Å²) in [6, 6.07) is 7.50. The molecule has 3 N–H and O–H groups in total. The Balaban J connectivity index is 1.47. The SMILES string of the molecule is CC(C)(C)[C@H]1CCc2c(sc(NC(=O)c3cc4nccc(-c5cccs5)n4n3)c2C(N)=O)C1. The van der Waals surface area contributed by atoms with Crippen LogP contribution in [0.25, 0.3) is 16.2 Å². The Morgan fingerprint density at radius 3 is 2.79 bits per heavy atom. The predicted octanol–water partition coefficient (Wildman–Crippen LogP) is 5.02. The maximum Gasteiger partial charge on any atom is 0.276 e. The van der Waals surface area contributed by atoms with E-state index < -0.39 is 5.91 Å². The molecule has 5 rings (SSSR count). The third kappa shape index (κ3) is 3.95. The number of hydrogen-bond donors (Lipinski definition) is 2. The van der Waals surface area contributed by atoms with Gasteiger partial charge in [-0.25, -0.2) is 9.50 Å². The Morgan fingerprint density at radius 2 is 2.09 bits per heavy atom. The van der Waals surface area contributed by atoms with E-state index in [1.165, 1.54) is 11.3 Å². The van der Waals surface area contributed by atoms with Crippen LogP contribution in [0.3, 0.4) is 0 Å². The van der Waals surface area contributed by atoms with Crippen molar-refractivity contribution in [3.63, 3.8) is 0 Å². The van der Waals surface area contributed by atoms with Gasteiger partial charge in [0.25, 0.3) is 11.8 Å². The van der Waals surface area contributed by atoms with Crippen LogP contribution in [-0.2, 0) is 12.8 Å². The molecule has 7 nitrogen and oxygen atoms in total. The lowest BCUT2D eigenvalue weighted by Crippen LogP contribution is -2.27. The zero-order chi connectivity index (χ0) is 23.3. The Morgan fingerprint density at radius 1 is 1.27 bits per heavy atom. The first-order chi connectivity index (χ1) is 15.7. The first-order valence-electron chi connectivity index (χ1n) is 10.9. The third-order valence-electron chi connectivity index (χ3n) is 6.33. The molecule has 9 heteroatoms. The van der Waals surface area contributed by atoms with Gasteiger partial charge in [0.2, 0.25) is 0 Å². The molecule has 1 aliphatic carbocycles. The highest BCUT2D eigenvalue weighted by molar-refractivity contribution is 7.17.